The average Bonchev–Trinajstić information content (AvgIpc) is 2.44. The Morgan fingerprint density at radius 1 is 1.47 bits per heavy atom. The molecule has 0 saturated carbocycles. The molecule has 1 aromatic carbocycles. The van der Waals surface area contributed by atoms with Crippen LogP contribution in [0.4, 0.5) is 4.39 Å². The number of nitriles is 1. The van der Waals surface area contributed by atoms with E-state index < -0.39 is 5.54 Å². The fourth-order valence-electron chi connectivity index (χ4n) is 1.96. The van der Waals surface area contributed by atoms with Crippen LogP contribution in [0, 0.1) is 24.1 Å². The molecule has 1 atom stereocenters. The van der Waals surface area contributed by atoms with Crippen LogP contribution in [0.2, 0.25) is 0 Å². The predicted octanol–water partition coefficient (Wildman–Crippen LogP) is 3.18. The van der Waals surface area contributed by atoms with Crippen LogP contribution < -0.4 is 10.1 Å². The van der Waals surface area contributed by atoms with Crippen molar-refractivity contribution < 1.29 is 9.13 Å². The van der Waals surface area contributed by atoms with E-state index in [4.69, 9.17) is 10.00 Å². The van der Waals surface area contributed by atoms with E-state index in [1.54, 1.807) is 32.2 Å². The van der Waals surface area contributed by atoms with E-state index in [-0.39, 0.29) is 11.6 Å². The Morgan fingerprint density at radius 2 is 2.21 bits per heavy atom. The van der Waals surface area contributed by atoms with Crippen molar-refractivity contribution in [2.24, 2.45) is 0 Å². The minimum absolute atomic E-state index is 0.281. The van der Waals surface area contributed by atoms with Gasteiger partial charge in [0.15, 0.2) is 11.6 Å². The first-order valence-corrected chi connectivity index (χ1v) is 6.56. The van der Waals surface area contributed by atoms with Crippen molar-refractivity contribution in [3.63, 3.8) is 0 Å². The van der Waals surface area contributed by atoms with Gasteiger partial charge in [0.2, 0.25) is 0 Å². The molecule has 0 bridgehead atoms. The molecule has 19 heavy (non-hydrogen) atoms. The van der Waals surface area contributed by atoms with Crippen molar-refractivity contribution in [1.29, 1.82) is 5.26 Å². The van der Waals surface area contributed by atoms with Crippen LogP contribution >= 0.6 is 0 Å². The van der Waals surface area contributed by atoms with Crippen LogP contribution in [-0.4, -0.2) is 19.2 Å². The molecule has 0 heterocycles. The lowest BCUT2D eigenvalue weighted by molar-refractivity contribution is 0.270. The first-order valence-electron chi connectivity index (χ1n) is 6.56. The summed E-state index contributed by atoms with van der Waals surface area (Å²) in [6, 6.07) is 7.40. The van der Waals surface area contributed by atoms with Gasteiger partial charge in [-0.15, -0.1) is 0 Å². The summed E-state index contributed by atoms with van der Waals surface area (Å²) in [6.45, 7) is 4.09. The van der Waals surface area contributed by atoms with Gasteiger partial charge in [0, 0.05) is 0 Å². The second-order valence-electron chi connectivity index (χ2n) is 4.64. The monoisotopic (exact) mass is 264 g/mol. The molecule has 0 spiro atoms. The molecule has 1 unspecified atom stereocenters. The SMILES string of the molecule is CCC(C#N)(CCCOc1cccc(C)c1F)NC. The number of hydrogen-bond donors (Lipinski definition) is 1. The van der Waals surface area contributed by atoms with E-state index in [0.29, 0.717) is 25.0 Å². The van der Waals surface area contributed by atoms with Gasteiger partial charge in [-0.2, -0.15) is 5.26 Å². The van der Waals surface area contributed by atoms with E-state index in [1.165, 1.54) is 0 Å². The van der Waals surface area contributed by atoms with Crippen molar-refractivity contribution in [2.75, 3.05) is 13.7 Å². The number of benzene rings is 1. The van der Waals surface area contributed by atoms with E-state index in [2.05, 4.69) is 11.4 Å². The molecular formula is C15H21FN2O. The zero-order valence-electron chi connectivity index (χ0n) is 11.8. The number of nitrogens with zero attached hydrogens (tertiary/aromatic N) is 1. The molecule has 104 valence electrons. The predicted molar refractivity (Wildman–Crippen MR) is 73.6 cm³/mol. The molecular weight excluding hydrogens is 243 g/mol. The summed E-state index contributed by atoms with van der Waals surface area (Å²) in [5.74, 6) is -0.0262. The van der Waals surface area contributed by atoms with Gasteiger partial charge in [-0.05, 0) is 44.9 Å². The minimum Gasteiger partial charge on any atom is -0.491 e. The van der Waals surface area contributed by atoms with Gasteiger partial charge in [0.05, 0.1) is 12.7 Å². The van der Waals surface area contributed by atoms with E-state index in [0.717, 1.165) is 6.42 Å². The maximum atomic E-state index is 13.7. The average molecular weight is 264 g/mol. The van der Waals surface area contributed by atoms with Gasteiger partial charge >= 0.3 is 0 Å². The standard InChI is InChI=1S/C15H21FN2O/c1-4-15(11-17,18-3)9-6-10-19-13-8-5-7-12(2)14(13)16/h5,7-8,18H,4,6,9-10H2,1-3H3. The second kappa shape index (κ2) is 7.10. The number of ether oxygens (including phenoxy) is 1. The number of nitrogens with one attached hydrogen (secondary N) is 1. The molecule has 3 nitrogen and oxygen atoms in total. The molecule has 1 aromatic rings. The maximum absolute atomic E-state index is 13.7. The highest BCUT2D eigenvalue weighted by molar-refractivity contribution is 5.30. The molecule has 0 saturated heterocycles. The highest BCUT2D eigenvalue weighted by atomic mass is 19.1. The Kier molecular flexibility index (Phi) is 5.78. The Hall–Kier alpha value is -1.60. The van der Waals surface area contributed by atoms with Crippen molar-refractivity contribution in [3.05, 3.63) is 29.6 Å². The molecule has 0 amide bonds. The number of aryl methyl sites for hydroxylation is 1. The summed E-state index contributed by atoms with van der Waals surface area (Å²) in [6.07, 6.45) is 2.12. The van der Waals surface area contributed by atoms with Gasteiger partial charge in [-0.25, -0.2) is 4.39 Å². The Morgan fingerprint density at radius 3 is 2.79 bits per heavy atom. The second-order valence-corrected chi connectivity index (χ2v) is 4.64. The van der Waals surface area contributed by atoms with E-state index >= 15 is 0 Å². The number of hydrogen-bond acceptors (Lipinski definition) is 3. The van der Waals surface area contributed by atoms with Crippen LogP contribution in [0.15, 0.2) is 18.2 Å². The fourth-order valence-corrected chi connectivity index (χ4v) is 1.96. The highest BCUT2D eigenvalue weighted by Gasteiger charge is 2.24. The summed E-state index contributed by atoms with van der Waals surface area (Å²) < 4.78 is 19.1. The molecule has 0 aliphatic rings. The summed E-state index contributed by atoms with van der Waals surface area (Å²) in [4.78, 5) is 0. The smallest absolute Gasteiger partial charge is 0.167 e. The molecule has 0 fully saturated rings. The highest BCUT2D eigenvalue weighted by Crippen LogP contribution is 2.21. The molecule has 1 rings (SSSR count). The summed E-state index contributed by atoms with van der Waals surface area (Å²) in [5, 5.41) is 12.2. The third-order valence-corrected chi connectivity index (χ3v) is 3.46. The lowest BCUT2D eigenvalue weighted by atomic mass is 9.92. The van der Waals surface area contributed by atoms with E-state index in [1.807, 2.05) is 6.92 Å². The maximum Gasteiger partial charge on any atom is 0.167 e. The van der Waals surface area contributed by atoms with Gasteiger partial charge in [-0.1, -0.05) is 19.1 Å². The largest absolute Gasteiger partial charge is 0.491 e. The van der Waals surface area contributed by atoms with Crippen LogP contribution in [0.25, 0.3) is 0 Å². The topological polar surface area (TPSA) is 45.0 Å². The zero-order valence-corrected chi connectivity index (χ0v) is 11.8. The van der Waals surface area contributed by atoms with Crippen molar-refractivity contribution >= 4 is 0 Å². The van der Waals surface area contributed by atoms with Crippen LogP contribution in [0.5, 0.6) is 5.75 Å². The first-order chi connectivity index (χ1) is 9.08. The van der Waals surface area contributed by atoms with Crippen LogP contribution in [0.3, 0.4) is 0 Å². The number of rotatable bonds is 7. The number of halogens is 1. The van der Waals surface area contributed by atoms with Gasteiger partial charge in [0.1, 0.15) is 5.54 Å². The van der Waals surface area contributed by atoms with Gasteiger partial charge in [0.25, 0.3) is 0 Å². The summed E-state index contributed by atoms with van der Waals surface area (Å²) >= 11 is 0. The zero-order chi connectivity index (χ0) is 14.3. The normalized spacial score (nSPS) is 13.6. The summed E-state index contributed by atoms with van der Waals surface area (Å²) in [7, 11) is 1.79. The molecule has 0 aliphatic carbocycles. The quantitative estimate of drug-likeness (QED) is 0.769. The van der Waals surface area contributed by atoms with Crippen molar-refractivity contribution in [2.45, 2.75) is 38.6 Å². The molecule has 0 aromatic heterocycles. The Labute approximate surface area is 114 Å². The lowest BCUT2D eigenvalue weighted by Gasteiger charge is -2.24. The third kappa shape index (κ3) is 3.93. The van der Waals surface area contributed by atoms with E-state index in [9.17, 15) is 4.39 Å². The van der Waals surface area contributed by atoms with Gasteiger partial charge in [-0.3, -0.25) is 0 Å². The van der Waals surface area contributed by atoms with Crippen molar-refractivity contribution in [1.82, 2.24) is 5.32 Å². The van der Waals surface area contributed by atoms with Crippen LogP contribution in [-0.2, 0) is 0 Å². The minimum atomic E-state index is -0.505. The first kappa shape index (κ1) is 15.5. The molecule has 0 radical (unpaired) electrons. The fraction of sp³-hybridized carbons (Fsp3) is 0.533. The Balaban J connectivity index is 2.47. The van der Waals surface area contributed by atoms with Gasteiger partial charge < -0.3 is 10.1 Å². The lowest BCUT2D eigenvalue weighted by Crippen LogP contribution is -2.41. The molecule has 4 heteroatoms. The third-order valence-electron chi connectivity index (χ3n) is 3.46. The summed E-state index contributed by atoms with van der Waals surface area (Å²) in [5.41, 5.74) is 0.0711. The van der Waals surface area contributed by atoms with Crippen molar-refractivity contribution in [3.8, 4) is 11.8 Å². The Bertz CT molecular complexity index is 450. The van der Waals surface area contributed by atoms with Crippen LogP contribution in [0.1, 0.15) is 31.7 Å². The molecule has 1 N–H and O–H groups in total. The molecule has 0 aliphatic heterocycles.